The van der Waals surface area contributed by atoms with Gasteiger partial charge in [-0.2, -0.15) is 5.10 Å². The van der Waals surface area contributed by atoms with Crippen molar-refractivity contribution in [2.75, 3.05) is 0 Å². The number of rotatable bonds is 2. The predicted octanol–water partition coefficient (Wildman–Crippen LogP) is 3.17. The van der Waals surface area contributed by atoms with Crippen LogP contribution in [0.3, 0.4) is 0 Å². The van der Waals surface area contributed by atoms with Crippen molar-refractivity contribution in [3.8, 4) is 0 Å². The van der Waals surface area contributed by atoms with Gasteiger partial charge in [0.15, 0.2) is 0 Å². The molecule has 3 heteroatoms. The summed E-state index contributed by atoms with van der Waals surface area (Å²) < 4.78 is 1.59. The van der Waals surface area contributed by atoms with Crippen molar-refractivity contribution in [2.45, 2.75) is 26.7 Å². The first-order valence-corrected chi connectivity index (χ1v) is 6.90. The molecule has 0 spiro atoms. The zero-order valence-electron chi connectivity index (χ0n) is 11.9. The monoisotopic (exact) mass is 266 g/mol. The summed E-state index contributed by atoms with van der Waals surface area (Å²) in [6.07, 6.45) is 1.82. The maximum absolute atomic E-state index is 12.6. The lowest BCUT2D eigenvalue weighted by Crippen LogP contribution is -2.17. The smallest absolute Gasteiger partial charge is 0.267 e. The number of fused-ring (bicyclic) bond motifs is 1. The number of carbonyl (C=O) groups is 1. The van der Waals surface area contributed by atoms with E-state index < -0.39 is 0 Å². The molecule has 1 aromatic heterocycles. The van der Waals surface area contributed by atoms with Crippen LogP contribution >= 0.6 is 0 Å². The van der Waals surface area contributed by atoms with Crippen molar-refractivity contribution in [3.63, 3.8) is 0 Å². The van der Waals surface area contributed by atoms with Crippen LogP contribution in [0.1, 0.15) is 34.2 Å². The summed E-state index contributed by atoms with van der Waals surface area (Å²) in [4.78, 5) is 12.6. The fraction of sp³-hybridized carbons (Fsp3) is 0.294. The third-order valence-corrected chi connectivity index (χ3v) is 4.09. The topological polar surface area (TPSA) is 34.9 Å². The molecule has 0 bridgehead atoms. The minimum atomic E-state index is -0.0442. The Bertz CT molecular complexity index is 683. The molecule has 1 heterocycles. The molecule has 0 N–H and O–H groups in total. The molecule has 1 atom stereocenters. The van der Waals surface area contributed by atoms with Gasteiger partial charge in [-0.1, -0.05) is 30.4 Å². The third-order valence-electron chi connectivity index (χ3n) is 4.09. The Morgan fingerprint density at radius 1 is 1.30 bits per heavy atom. The van der Waals surface area contributed by atoms with Crippen LogP contribution in [0.5, 0.6) is 0 Å². The third kappa shape index (κ3) is 1.99. The zero-order valence-corrected chi connectivity index (χ0v) is 11.9. The minimum Gasteiger partial charge on any atom is -0.267 e. The first kappa shape index (κ1) is 12.9. The molecule has 102 valence electrons. The van der Waals surface area contributed by atoms with Crippen LogP contribution in [0.25, 0.3) is 0 Å². The summed E-state index contributed by atoms with van der Waals surface area (Å²) in [6, 6.07) is 9.32. The minimum absolute atomic E-state index is 0.0442. The average molecular weight is 266 g/mol. The van der Waals surface area contributed by atoms with Crippen molar-refractivity contribution in [3.05, 3.63) is 65.0 Å². The van der Waals surface area contributed by atoms with Gasteiger partial charge in [-0.25, -0.2) is 4.68 Å². The van der Waals surface area contributed by atoms with Crippen LogP contribution in [-0.2, 0) is 12.8 Å². The molecule has 3 nitrogen and oxygen atoms in total. The van der Waals surface area contributed by atoms with Gasteiger partial charge in [0, 0.05) is 5.56 Å². The van der Waals surface area contributed by atoms with Gasteiger partial charge >= 0.3 is 0 Å². The van der Waals surface area contributed by atoms with E-state index >= 15 is 0 Å². The second kappa shape index (κ2) is 4.75. The lowest BCUT2D eigenvalue weighted by molar-refractivity contribution is 0.0941. The number of aromatic nitrogens is 2. The summed E-state index contributed by atoms with van der Waals surface area (Å²) in [5.74, 6) is 0.397. The van der Waals surface area contributed by atoms with Gasteiger partial charge in [0.2, 0.25) is 0 Å². The van der Waals surface area contributed by atoms with Crippen LogP contribution in [0.2, 0.25) is 0 Å². The van der Waals surface area contributed by atoms with E-state index in [4.69, 9.17) is 0 Å². The molecule has 0 amide bonds. The molecule has 0 saturated carbocycles. The standard InChI is InChI=1S/C17H18N2O/c1-11(2)14-9-15-12(3)18-19(16(15)10-14)17(20)13-7-5-4-6-8-13/h4-8,14H,1,9-10H2,2-3H3/t14-/m0/s1. The van der Waals surface area contributed by atoms with Crippen molar-refractivity contribution in [1.29, 1.82) is 0 Å². The fourth-order valence-electron chi connectivity index (χ4n) is 2.85. The van der Waals surface area contributed by atoms with E-state index in [9.17, 15) is 4.79 Å². The second-order valence-electron chi connectivity index (χ2n) is 5.55. The Morgan fingerprint density at radius 3 is 2.65 bits per heavy atom. The normalized spacial score (nSPS) is 17.0. The van der Waals surface area contributed by atoms with Crippen LogP contribution in [0.4, 0.5) is 0 Å². The number of hydrogen-bond acceptors (Lipinski definition) is 2. The van der Waals surface area contributed by atoms with E-state index in [1.54, 1.807) is 4.68 Å². The van der Waals surface area contributed by atoms with E-state index in [0.717, 1.165) is 24.2 Å². The van der Waals surface area contributed by atoms with Gasteiger partial charge in [0.25, 0.3) is 5.91 Å². The highest BCUT2D eigenvalue weighted by atomic mass is 16.2. The molecular weight excluding hydrogens is 248 g/mol. The Morgan fingerprint density at radius 2 is 2.00 bits per heavy atom. The molecule has 2 aromatic rings. The van der Waals surface area contributed by atoms with Crippen molar-refractivity contribution < 1.29 is 4.79 Å². The van der Waals surface area contributed by atoms with E-state index in [1.165, 1.54) is 11.1 Å². The largest absolute Gasteiger partial charge is 0.278 e. The number of nitrogens with zero attached hydrogens (tertiary/aromatic N) is 2. The number of carbonyl (C=O) groups excluding carboxylic acids is 1. The lowest BCUT2D eigenvalue weighted by Gasteiger charge is -2.09. The van der Waals surface area contributed by atoms with Gasteiger partial charge in [0.1, 0.15) is 0 Å². The van der Waals surface area contributed by atoms with Crippen molar-refractivity contribution in [1.82, 2.24) is 9.78 Å². The maximum Gasteiger partial charge on any atom is 0.278 e. The Labute approximate surface area is 118 Å². The SMILES string of the molecule is C=C(C)[C@H]1Cc2c(C)nn(C(=O)c3ccccc3)c2C1. The van der Waals surface area contributed by atoms with Crippen LogP contribution in [0, 0.1) is 12.8 Å². The number of allylic oxidation sites excluding steroid dienone is 1. The van der Waals surface area contributed by atoms with Crippen LogP contribution in [-0.4, -0.2) is 15.7 Å². The predicted molar refractivity (Wildman–Crippen MR) is 78.8 cm³/mol. The summed E-state index contributed by atoms with van der Waals surface area (Å²) in [7, 11) is 0. The van der Waals surface area contributed by atoms with E-state index in [2.05, 4.69) is 18.6 Å². The van der Waals surface area contributed by atoms with Gasteiger partial charge in [-0.05, 0) is 50.3 Å². The molecule has 0 radical (unpaired) electrons. The number of benzene rings is 1. The first-order valence-electron chi connectivity index (χ1n) is 6.90. The molecule has 1 aromatic carbocycles. The van der Waals surface area contributed by atoms with Crippen molar-refractivity contribution >= 4 is 5.91 Å². The molecule has 0 unspecified atom stereocenters. The Kier molecular flexibility index (Phi) is 3.05. The summed E-state index contributed by atoms with van der Waals surface area (Å²) in [5.41, 5.74) is 5.11. The van der Waals surface area contributed by atoms with E-state index in [0.29, 0.717) is 11.5 Å². The van der Waals surface area contributed by atoms with E-state index in [-0.39, 0.29) is 5.91 Å². The Hall–Kier alpha value is -2.16. The van der Waals surface area contributed by atoms with Crippen LogP contribution < -0.4 is 0 Å². The van der Waals surface area contributed by atoms with Gasteiger partial charge in [-0.3, -0.25) is 4.79 Å². The molecule has 1 aliphatic carbocycles. The molecule has 0 saturated heterocycles. The molecule has 20 heavy (non-hydrogen) atoms. The molecule has 1 aliphatic rings. The summed E-state index contributed by atoms with van der Waals surface area (Å²) >= 11 is 0. The quantitative estimate of drug-likeness (QED) is 0.782. The zero-order chi connectivity index (χ0) is 14.3. The van der Waals surface area contributed by atoms with Crippen LogP contribution in [0.15, 0.2) is 42.5 Å². The first-order chi connectivity index (χ1) is 9.58. The highest BCUT2D eigenvalue weighted by molar-refractivity contribution is 5.96. The fourth-order valence-corrected chi connectivity index (χ4v) is 2.85. The second-order valence-corrected chi connectivity index (χ2v) is 5.55. The summed E-state index contributed by atoms with van der Waals surface area (Å²) in [5, 5.41) is 4.44. The average Bonchev–Trinajstić information content (AvgIpc) is 3.00. The Balaban J connectivity index is 2.00. The summed E-state index contributed by atoms with van der Waals surface area (Å²) in [6.45, 7) is 8.09. The highest BCUT2D eigenvalue weighted by Gasteiger charge is 2.30. The number of aryl methyl sites for hydroxylation is 1. The van der Waals surface area contributed by atoms with Gasteiger partial charge in [0.05, 0.1) is 11.4 Å². The lowest BCUT2D eigenvalue weighted by atomic mass is 9.99. The maximum atomic E-state index is 12.6. The molecule has 0 fully saturated rings. The molecular formula is C17H18N2O. The van der Waals surface area contributed by atoms with Crippen molar-refractivity contribution in [2.24, 2.45) is 5.92 Å². The van der Waals surface area contributed by atoms with Gasteiger partial charge < -0.3 is 0 Å². The molecule has 0 aliphatic heterocycles. The van der Waals surface area contributed by atoms with Gasteiger partial charge in [-0.15, -0.1) is 0 Å². The number of hydrogen-bond donors (Lipinski definition) is 0. The molecule has 3 rings (SSSR count). The van der Waals surface area contributed by atoms with E-state index in [1.807, 2.05) is 37.3 Å². The highest BCUT2D eigenvalue weighted by Crippen LogP contribution is 2.32.